The maximum absolute atomic E-state index is 10.9. The van der Waals surface area contributed by atoms with Gasteiger partial charge in [0.2, 0.25) is 5.91 Å². The number of fused-ring (bicyclic) bond motifs is 1. The zero-order valence-corrected chi connectivity index (χ0v) is 7.53. The molecule has 1 amide bonds. The average molecular weight is 189 g/mol. The third-order valence-corrected chi connectivity index (χ3v) is 2.26. The Hall–Kier alpha value is -1.81. The van der Waals surface area contributed by atoms with Crippen LogP contribution in [0, 0.1) is 0 Å². The fourth-order valence-corrected chi connectivity index (χ4v) is 1.50. The second-order valence-corrected chi connectivity index (χ2v) is 3.17. The molecule has 1 aromatic heterocycles. The quantitative estimate of drug-likeness (QED) is 0.648. The number of rotatable bonds is 2. The summed E-state index contributed by atoms with van der Waals surface area (Å²) in [5.74, 6) is -0.519. The molecular weight excluding hydrogens is 178 g/mol. The van der Waals surface area contributed by atoms with Crippen molar-refractivity contribution in [1.29, 1.82) is 0 Å². The highest BCUT2D eigenvalue weighted by molar-refractivity contribution is 5.90. The highest BCUT2D eigenvalue weighted by Gasteiger charge is 2.15. The highest BCUT2D eigenvalue weighted by atomic mass is 16.1. The molecular formula is C10H11N3O. The summed E-state index contributed by atoms with van der Waals surface area (Å²) in [6, 6.07) is 6.90. The topological polar surface area (TPSA) is 84.9 Å². The van der Waals surface area contributed by atoms with E-state index in [4.69, 9.17) is 11.5 Å². The van der Waals surface area contributed by atoms with Crippen molar-refractivity contribution in [3.63, 3.8) is 0 Å². The zero-order chi connectivity index (χ0) is 10.1. The molecule has 0 saturated heterocycles. The second-order valence-electron chi connectivity index (χ2n) is 3.17. The van der Waals surface area contributed by atoms with E-state index in [2.05, 4.69) is 4.98 Å². The fourth-order valence-electron chi connectivity index (χ4n) is 1.50. The van der Waals surface area contributed by atoms with Gasteiger partial charge in [-0.05, 0) is 6.07 Å². The molecule has 1 aromatic carbocycles. The van der Waals surface area contributed by atoms with Crippen molar-refractivity contribution in [3.05, 3.63) is 36.0 Å². The van der Waals surface area contributed by atoms with Crippen molar-refractivity contribution in [2.45, 2.75) is 6.04 Å². The van der Waals surface area contributed by atoms with Crippen LogP contribution < -0.4 is 11.5 Å². The van der Waals surface area contributed by atoms with Crippen LogP contribution in [0.1, 0.15) is 11.6 Å². The number of H-pyrrole nitrogens is 1. The van der Waals surface area contributed by atoms with Gasteiger partial charge in [0, 0.05) is 22.7 Å². The van der Waals surface area contributed by atoms with Crippen LogP contribution in [0.15, 0.2) is 30.5 Å². The number of carbonyl (C=O) groups excluding carboxylic acids is 1. The number of aromatic amines is 1. The van der Waals surface area contributed by atoms with E-state index < -0.39 is 11.9 Å². The minimum atomic E-state index is -0.744. The summed E-state index contributed by atoms with van der Waals surface area (Å²) in [4.78, 5) is 14.0. The molecule has 1 atom stereocenters. The van der Waals surface area contributed by atoms with Crippen molar-refractivity contribution in [2.24, 2.45) is 11.5 Å². The van der Waals surface area contributed by atoms with E-state index >= 15 is 0 Å². The first kappa shape index (κ1) is 8.77. The summed E-state index contributed by atoms with van der Waals surface area (Å²) in [6.45, 7) is 0. The normalized spacial score (nSPS) is 12.9. The predicted molar refractivity (Wildman–Crippen MR) is 54.4 cm³/mol. The first-order valence-corrected chi connectivity index (χ1v) is 4.31. The fraction of sp³-hybridized carbons (Fsp3) is 0.100. The standard InChI is InChI=1S/C10H11N3O/c11-9(10(12)14)7-5-13-8-4-2-1-3-6(7)8/h1-5,9,13H,11H2,(H2,12,14). The SMILES string of the molecule is NC(=O)C(N)c1c[nH]c2ccccc12. The Morgan fingerprint density at radius 2 is 2.07 bits per heavy atom. The van der Waals surface area contributed by atoms with Crippen LogP contribution in [-0.2, 0) is 4.79 Å². The van der Waals surface area contributed by atoms with Crippen LogP contribution in [0.25, 0.3) is 10.9 Å². The molecule has 14 heavy (non-hydrogen) atoms. The van der Waals surface area contributed by atoms with Crippen molar-refractivity contribution < 1.29 is 4.79 Å². The molecule has 0 fully saturated rings. The monoisotopic (exact) mass is 189 g/mol. The lowest BCUT2D eigenvalue weighted by Crippen LogP contribution is -2.27. The summed E-state index contributed by atoms with van der Waals surface area (Å²) >= 11 is 0. The number of amides is 1. The molecule has 0 spiro atoms. The summed E-state index contributed by atoms with van der Waals surface area (Å²) in [7, 11) is 0. The third-order valence-electron chi connectivity index (χ3n) is 2.26. The molecule has 1 unspecified atom stereocenters. The first-order chi connectivity index (χ1) is 6.70. The summed E-state index contributed by atoms with van der Waals surface area (Å²) in [6.07, 6.45) is 1.72. The van der Waals surface area contributed by atoms with Gasteiger partial charge in [-0.2, -0.15) is 0 Å². The lowest BCUT2D eigenvalue weighted by molar-refractivity contribution is -0.119. The number of nitrogens with two attached hydrogens (primary N) is 2. The maximum atomic E-state index is 10.9. The van der Waals surface area contributed by atoms with E-state index in [1.165, 1.54) is 0 Å². The number of nitrogens with one attached hydrogen (secondary N) is 1. The van der Waals surface area contributed by atoms with Gasteiger partial charge in [-0.15, -0.1) is 0 Å². The Bertz CT molecular complexity index is 475. The van der Waals surface area contributed by atoms with Gasteiger partial charge in [0.25, 0.3) is 0 Å². The lowest BCUT2D eigenvalue weighted by atomic mass is 10.1. The highest BCUT2D eigenvalue weighted by Crippen LogP contribution is 2.22. The number of para-hydroxylation sites is 1. The first-order valence-electron chi connectivity index (χ1n) is 4.31. The molecule has 0 bridgehead atoms. The van der Waals surface area contributed by atoms with Crippen LogP contribution in [0.4, 0.5) is 0 Å². The van der Waals surface area contributed by atoms with E-state index in [0.29, 0.717) is 0 Å². The molecule has 5 N–H and O–H groups in total. The minimum absolute atomic E-state index is 0.519. The van der Waals surface area contributed by atoms with Gasteiger partial charge in [0.05, 0.1) is 0 Å². The van der Waals surface area contributed by atoms with E-state index in [9.17, 15) is 4.79 Å². The third kappa shape index (κ3) is 1.25. The molecule has 4 nitrogen and oxygen atoms in total. The van der Waals surface area contributed by atoms with Gasteiger partial charge in [-0.3, -0.25) is 4.79 Å². The van der Waals surface area contributed by atoms with Gasteiger partial charge in [-0.1, -0.05) is 18.2 Å². The van der Waals surface area contributed by atoms with E-state index in [1.54, 1.807) is 6.20 Å². The van der Waals surface area contributed by atoms with Gasteiger partial charge in [0.1, 0.15) is 6.04 Å². The van der Waals surface area contributed by atoms with Crippen molar-refractivity contribution in [1.82, 2.24) is 4.98 Å². The lowest BCUT2D eigenvalue weighted by Gasteiger charge is -2.04. The molecule has 72 valence electrons. The van der Waals surface area contributed by atoms with Crippen LogP contribution >= 0.6 is 0 Å². The summed E-state index contributed by atoms with van der Waals surface area (Å²) < 4.78 is 0. The van der Waals surface area contributed by atoms with Crippen LogP contribution in [0.2, 0.25) is 0 Å². The Morgan fingerprint density at radius 3 is 2.79 bits per heavy atom. The summed E-state index contributed by atoms with van der Waals surface area (Å²) in [5, 5.41) is 0.943. The van der Waals surface area contributed by atoms with Gasteiger partial charge < -0.3 is 16.5 Å². The minimum Gasteiger partial charge on any atom is -0.368 e. The molecule has 1 heterocycles. The Kier molecular flexibility index (Phi) is 1.98. The van der Waals surface area contributed by atoms with Crippen molar-refractivity contribution in [2.75, 3.05) is 0 Å². The summed E-state index contributed by atoms with van der Waals surface area (Å²) in [5.41, 5.74) is 12.5. The Balaban J connectivity index is 2.58. The van der Waals surface area contributed by atoms with E-state index in [0.717, 1.165) is 16.5 Å². The molecule has 0 saturated carbocycles. The van der Waals surface area contributed by atoms with Crippen LogP contribution in [0.3, 0.4) is 0 Å². The number of hydrogen-bond donors (Lipinski definition) is 3. The zero-order valence-electron chi connectivity index (χ0n) is 7.53. The van der Waals surface area contributed by atoms with Crippen LogP contribution in [-0.4, -0.2) is 10.9 Å². The molecule has 0 aliphatic rings. The van der Waals surface area contributed by atoms with Crippen LogP contribution in [0.5, 0.6) is 0 Å². The number of benzene rings is 1. The molecule has 2 aromatic rings. The van der Waals surface area contributed by atoms with Gasteiger partial charge in [0.15, 0.2) is 0 Å². The second kappa shape index (κ2) is 3.16. The van der Waals surface area contributed by atoms with Crippen molar-refractivity contribution in [3.8, 4) is 0 Å². The molecule has 0 aliphatic heterocycles. The van der Waals surface area contributed by atoms with E-state index in [-0.39, 0.29) is 0 Å². The number of aromatic nitrogens is 1. The number of carbonyl (C=O) groups is 1. The predicted octanol–water partition coefficient (Wildman–Crippen LogP) is 0.653. The number of hydrogen-bond acceptors (Lipinski definition) is 2. The van der Waals surface area contributed by atoms with Crippen molar-refractivity contribution >= 4 is 16.8 Å². The number of primary amides is 1. The molecule has 2 rings (SSSR count). The maximum Gasteiger partial charge on any atom is 0.239 e. The smallest absolute Gasteiger partial charge is 0.239 e. The van der Waals surface area contributed by atoms with Gasteiger partial charge in [-0.25, -0.2) is 0 Å². The average Bonchev–Trinajstić information content (AvgIpc) is 2.60. The molecule has 0 radical (unpaired) electrons. The Morgan fingerprint density at radius 1 is 1.36 bits per heavy atom. The van der Waals surface area contributed by atoms with Gasteiger partial charge >= 0.3 is 0 Å². The largest absolute Gasteiger partial charge is 0.368 e. The molecule has 0 aliphatic carbocycles. The Labute approximate surface area is 80.9 Å². The molecule has 4 heteroatoms. The van der Waals surface area contributed by atoms with E-state index in [1.807, 2.05) is 24.3 Å².